The summed E-state index contributed by atoms with van der Waals surface area (Å²) in [5.41, 5.74) is -0.741. The van der Waals surface area contributed by atoms with Gasteiger partial charge in [0.2, 0.25) is 5.91 Å². The van der Waals surface area contributed by atoms with Crippen LogP contribution in [0.2, 0.25) is 0 Å². The number of carboxylic acid groups (broad SMARTS) is 2. The molecule has 2 N–H and O–H groups in total. The van der Waals surface area contributed by atoms with E-state index < -0.39 is 29.4 Å². The van der Waals surface area contributed by atoms with E-state index in [0.29, 0.717) is 11.3 Å². The van der Waals surface area contributed by atoms with Crippen LogP contribution in [-0.4, -0.2) is 39.1 Å². The highest BCUT2D eigenvalue weighted by molar-refractivity contribution is 6.04. The number of hydrogen-bond donors (Lipinski definition) is 2. The first-order valence-corrected chi connectivity index (χ1v) is 5.73. The predicted molar refractivity (Wildman–Crippen MR) is 54.2 cm³/mol. The lowest BCUT2D eigenvalue weighted by Crippen LogP contribution is -2.43. The summed E-state index contributed by atoms with van der Waals surface area (Å²) in [6.45, 7) is 0. The van der Waals surface area contributed by atoms with E-state index in [9.17, 15) is 14.4 Å². The number of aliphatic carboxylic acids is 1. The SMILES string of the molecule is O=C(O)[C@@H]1CC2(CC23CCC3)C(=O)N1C(=O)O. The maximum atomic E-state index is 12.1. The number of likely N-dealkylation sites (tertiary alicyclic amines) is 1. The quantitative estimate of drug-likeness (QED) is 0.709. The molecule has 17 heavy (non-hydrogen) atoms. The summed E-state index contributed by atoms with van der Waals surface area (Å²) in [5, 5.41) is 18.0. The van der Waals surface area contributed by atoms with Gasteiger partial charge in [0, 0.05) is 0 Å². The average molecular weight is 239 g/mol. The van der Waals surface area contributed by atoms with Crippen molar-refractivity contribution in [3.8, 4) is 0 Å². The number of nitrogens with zero attached hydrogens (tertiary/aromatic N) is 1. The second kappa shape index (κ2) is 2.80. The van der Waals surface area contributed by atoms with Gasteiger partial charge in [0.15, 0.2) is 0 Å². The highest BCUT2D eigenvalue weighted by Gasteiger charge is 2.78. The zero-order valence-electron chi connectivity index (χ0n) is 9.18. The van der Waals surface area contributed by atoms with Gasteiger partial charge in [0.25, 0.3) is 0 Å². The first kappa shape index (κ1) is 10.6. The average Bonchev–Trinajstić information content (AvgIpc) is 2.76. The monoisotopic (exact) mass is 239 g/mol. The van der Waals surface area contributed by atoms with Crippen LogP contribution in [-0.2, 0) is 9.59 Å². The summed E-state index contributed by atoms with van der Waals surface area (Å²) >= 11 is 0. The Morgan fingerprint density at radius 3 is 2.24 bits per heavy atom. The molecule has 2 aliphatic carbocycles. The zero-order chi connectivity index (χ0) is 12.4. The van der Waals surface area contributed by atoms with Gasteiger partial charge in [-0.1, -0.05) is 6.42 Å². The number of rotatable bonds is 1. The van der Waals surface area contributed by atoms with E-state index in [0.717, 1.165) is 19.3 Å². The summed E-state index contributed by atoms with van der Waals surface area (Å²) in [6, 6.07) is -1.19. The van der Waals surface area contributed by atoms with Crippen molar-refractivity contribution in [2.45, 2.75) is 38.1 Å². The van der Waals surface area contributed by atoms with E-state index in [1.165, 1.54) is 0 Å². The van der Waals surface area contributed by atoms with Crippen molar-refractivity contribution in [3.05, 3.63) is 0 Å². The van der Waals surface area contributed by atoms with Crippen molar-refractivity contribution >= 4 is 18.0 Å². The molecule has 2 amide bonds. The van der Waals surface area contributed by atoms with Crippen LogP contribution in [0.3, 0.4) is 0 Å². The van der Waals surface area contributed by atoms with E-state index in [1.54, 1.807) is 0 Å². The Morgan fingerprint density at radius 1 is 1.29 bits per heavy atom. The fourth-order valence-corrected chi connectivity index (χ4v) is 3.68. The molecule has 1 unspecified atom stereocenters. The molecule has 92 valence electrons. The van der Waals surface area contributed by atoms with Crippen LogP contribution < -0.4 is 0 Å². The molecule has 2 saturated carbocycles. The molecule has 1 heterocycles. The Bertz CT molecular complexity index is 441. The molecule has 3 rings (SSSR count). The van der Waals surface area contributed by atoms with Crippen molar-refractivity contribution in [2.75, 3.05) is 0 Å². The van der Waals surface area contributed by atoms with E-state index >= 15 is 0 Å². The predicted octanol–water partition coefficient (Wildman–Crippen LogP) is 0.910. The van der Waals surface area contributed by atoms with E-state index in [1.807, 2.05) is 0 Å². The maximum absolute atomic E-state index is 12.1. The lowest BCUT2D eigenvalue weighted by molar-refractivity contribution is -0.145. The summed E-state index contributed by atoms with van der Waals surface area (Å²) in [4.78, 5) is 34.7. The molecule has 0 aromatic carbocycles. The van der Waals surface area contributed by atoms with Crippen molar-refractivity contribution in [2.24, 2.45) is 10.8 Å². The van der Waals surface area contributed by atoms with Crippen LogP contribution in [0, 0.1) is 10.8 Å². The van der Waals surface area contributed by atoms with Gasteiger partial charge >= 0.3 is 12.1 Å². The Kier molecular flexibility index (Phi) is 1.74. The van der Waals surface area contributed by atoms with Crippen molar-refractivity contribution in [1.29, 1.82) is 0 Å². The second-order valence-corrected chi connectivity index (χ2v) is 5.41. The van der Waals surface area contributed by atoms with Crippen LogP contribution in [0.5, 0.6) is 0 Å². The Balaban J connectivity index is 1.94. The molecule has 0 aromatic heterocycles. The molecule has 6 nitrogen and oxygen atoms in total. The minimum Gasteiger partial charge on any atom is -0.480 e. The largest absolute Gasteiger partial charge is 0.480 e. The molecule has 2 spiro atoms. The molecule has 0 radical (unpaired) electrons. The number of hydrogen-bond acceptors (Lipinski definition) is 3. The number of imide groups is 1. The van der Waals surface area contributed by atoms with Gasteiger partial charge in [0.05, 0.1) is 5.41 Å². The molecule has 0 bridgehead atoms. The van der Waals surface area contributed by atoms with Crippen LogP contribution in [0.1, 0.15) is 32.1 Å². The van der Waals surface area contributed by atoms with Crippen LogP contribution in [0.15, 0.2) is 0 Å². The third kappa shape index (κ3) is 1.03. The normalized spacial score (nSPS) is 37.3. The molecule has 6 heteroatoms. The smallest absolute Gasteiger partial charge is 0.414 e. The summed E-state index contributed by atoms with van der Waals surface area (Å²) in [5.74, 6) is -1.71. The highest BCUT2D eigenvalue weighted by atomic mass is 16.4. The van der Waals surface area contributed by atoms with Gasteiger partial charge in [-0.2, -0.15) is 0 Å². The molecular formula is C11H13NO5. The fourth-order valence-electron chi connectivity index (χ4n) is 3.68. The Morgan fingerprint density at radius 2 is 1.94 bits per heavy atom. The molecule has 1 aliphatic heterocycles. The van der Waals surface area contributed by atoms with Crippen molar-refractivity contribution < 1.29 is 24.6 Å². The van der Waals surface area contributed by atoms with E-state index in [4.69, 9.17) is 10.2 Å². The molecule has 1 saturated heterocycles. The highest BCUT2D eigenvalue weighted by Crippen LogP contribution is 2.78. The first-order valence-electron chi connectivity index (χ1n) is 5.73. The molecule has 2 atom stereocenters. The summed E-state index contributed by atoms with van der Waals surface area (Å²) in [7, 11) is 0. The standard InChI is InChI=1S/C11H13NO5/c13-7(14)6-4-11(5-10(11)2-1-3-10)8(15)12(6)9(16)17/h6H,1-5H2,(H,13,14)(H,16,17)/t6-,11?/m0/s1. The topological polar surface area (TPSA) is 94.9 Å². The number of carbonyl (C=O) groups is 3. The lowest BCUT2D eigenvalue weighted by atomic mass is 9.74. The third-order valence-corrected chi connectivity index (χ3v) is 4.81. The minimum absolute atomic E-state index is 0.0675. The second-order valence-electron chi connectivity index (χ2n) is 5.41. The van der Waals surface area contributed by atoms with Gasteiger partial charge in [-0.3, -0.25) is 4.79 Å². The van der Waals surface area contributed by atoms with Crippen LogP contribution >= 0.6 is 0 Å². The van der Waals surface area contributed by atoms with Crippen molar-refractivity contribution in [3.63, 3.8) is 0 Å². The molecule has 3 aliphatic rings. The Labute approximate surface area is 97.2 Å². The summed E-state index contributed by atoms with van der Waals surface area (Å²) < 4.78 is 0. The number of amides is 2. The third-order valence-electron chi connectivity index (χ3n) is 4.81. The van der Waals surface area contributed by atoms with Crippen molar-refractivity contribution in [1.82, 2.24) is 4.90 Å². The maximum Gasteiger partial charge on any atom is 0.414 e. The van der Waals surface area contributed by atoms with E-state index in [-0.39, 0.29) is 11.8 Å². The van der Waals surface area contributed by atoms with Crippen LogP contribution in [0.4, 0.5) is 4.79 Å². The van der Waals surface area contributed by atoms with Gasteiger partial charge < -0.3 is 10.2 Å². The molecule has 3 fully saturated rings. The first-order chi connectivity index (χ1) is 7.93. The minimum atomic E-state index is -1.44. The van der Waals surface area contributed by atoms with E-state index in [2.05, 4.69) is 0 Å². The molecule has 0 aromatic rings. The van der Waals surface area contributed by atoms with Gasteiger partial charge in [-0.25, -0.2) is 14.5 Å². The van der Waals surface area contributed by atoms with Crippen LogP contribution in [0.25, 0.3) is 0 Å². The van der Waals surface area contributed by atoms with Gasteiger partial charge in [-0.15, -0.1) is 0 Å². The number of carbonyl (C=O) groups excluding carboxylic acids is 1. The zero-order valence-corrected chi connectivity index (χ0v) is 9.18. The fraction of sp³-hybridized carbons (Fsp3) is 0.727. The number of fused-ring (bicyclic) bond motifs is 1. The Hall–Kier alpha value is -1.59. The van der Waals surface area contributed by atoms with Gasteiger partial charge in [0.1, 0.15) is 6.04 Å². The van der Waals surface area contributed by atoms with Gasteiger partial charge in [-0.05, 0) is 31.1 Å². The number of carboxylic acids is 1. The summed E-state index contributed by atoms with van der Waals surface area (Å²) in [6.07, 6.45) is 2.30. The molecular weight excluding hydrogens is 226 g/mol. The lowest BCUT2D eigenvalue weighted by Gasteiger charge is -2.29.